The topological polar surface area (TPSA) is 288 Å². The van der Waals surface area contributed by atoms with Crippen LogP contribution in [-0.2, 0) is 33.3 Å². The number of hydrogen-bond acceptors (Lipinski definition) is 16. The van der Waals surface area contributed by atoms with E-state index >= 15 is 0 Å². The van der Waals surface area contributed by atoms with E-state index in [4.69, 9.17) is 29.4 Å². The molecule has 0 aromatic carbocycles. The molecule has 0 amide bonds. The third-order valence-electron chi connectivity index (χ3n) is 11.8. The zero-order valence-corrected chi connectivity index (χ0v) is 33.8. The van der Waals surface area contributed by atoms with Crippen LogP contribution < -0.4 is 16.4 Å². The summed E-state index contributed by atoms with van der Waals surface area (Å²) < 4.78 is 30.2. The molecule has 3 heterocycles. The maximum Gasteiger partial charge on any atom is 0.338 e. The van der Waals surface area contributed by atoms with E-state index in [0.29, 0.717) is 13.0 Å². The Morgan fingerprint density at radius 2 is 1.80 bits per heavy atom. The highest BCUT2D eigenvalue weighted by molar-refractivity contribution is 5.89. The number of piperidine rings is 1. The number of likely N-dealkylation sites (tertiary alicyclic amines) is 1. The number of aliphatic hydroxyl groups excluding tert-OH is 4. The number of allylic oxidation sites excluding steroid dienone is 2. The zero-order chi connectivity index (χ0) is 42.5. The summed E-state index contributed by atoms with van der Waals surface area (Å²) in [5.41, 5.74) is 7.53. The van der Waals surface area contributed by atoms with Crippen LogP contribution in [0.2, 0.25) is 0 Å². The lowest BCUT2D eigenvalue weighted by molar-refractivity contribution is -0.410. The van der Waals surface area contributed by atoms with E-state index < -0.39 is 84.9 Å². The van der Waals surface area contributed by atoms with Crippen LogP contribution in [0, 0.1) is 23.7 Å². The minimum atomic E-state index is -2.92. The van der Waals surface area contributed by atoms with Crippen molar-refractivity contribution >= 4 is 17.9 Å². The van der Waals surface area contributed by atoms with Crippen molar-refractivity contribution in [3.05, 3.63) is 35.6 Å². The lowest BCUT2D eigenvalue weighted by Gasteiger charge is -2.47. The molecular weight excluding hydrogens is 774 g/mol. The van der Waals surface area contributed by atoms with Gasteiger partial charge in [0.05, 0.1) is 49.7 Å². The van der Waals surface area contributed by atoms with Crippen LogP contribution in [0.25, 0.3) is 0 Å². The van der Waals surface area contributed by atoms with E-state index in [1.165, 1.54) is 6.26 Å². The Labute approximate surface area is 344 Å². The molecule has 0 aromatic heterocycles. The number of β-amino-alcohol motifs (C(OH)–C–C–N with tert-alkyl or cyclic N) is 1. The van der Waals surface area contributed by atoms with E-state index in [0.717, 1.165) is 63.4 Å². The molecule has 19 heteroatoms. The molecule has 3 aliphatic heterocycles. The van der Waals surface area contributed by atoms with Crippen molar-refractivity contribution < 1.29 is 69.0 Å². The van der Waals surface area contributed by atoms with Crippen molar-refractivity contribution in [2.45, 2.75) is 113 Å². The van der Waals surface area contributed by atoms with Crippen LogP contribution in [0.5, 0.6) is 0 Å². The van der Waals surface area contributed by atoms with Gasteiger partial charge in [-0.15, -0.1) is 0 Å². The van der Waals surface area contributed by atoms with Crippen molar-refractivity contribution in [3.8, 4) is 0 Å². The van der Waals surface area contributed by atoms with Gasteiger partial charge in [-0.2, -0.15) is 0 Å². The summed E-state index contributed by atoms with van der Waals surface area (Å²) in [6, 6.07) is -0.763. The fourth-order valence-electron chi connectivity index (χ4n) is 8.66. The number of carboxylic acid groups (broad SMARTS) is 1. The molecular formula is C40H65N5O14. The van der Waals surface area contributed by atoms with Gasteiger partial charge in [-0.05, 0) is 64.8 Å². The summed E-state index contributed by atoms with van der Waals surface area (Å²) in [5, 5.41) is 78.3. The monoisotopic (exact) mass is 839 g/mol. The van der Waals surface area contributed by atoms with Crippen molar-refractivity contribution in [1.82, 2.24) is 15.5 Å². The predicted molar refractivity (Wildman–Crippen MR) is 211 cm³/mol. The number of rotatable bonds is 18. The number of hydrogen-bond donors (Lipinski definition) is 10. The minimum absolute atomic E-state index is 0.0153. The first-order valence-electron chi connectivity index (χ1n) is 20.9. The van der Waals surface area contributed by atoms with Gasteiger partial charge < -0.3 is 70.5 Å². The van der Waals surface area contributed by atoms with Crippen LogP contribution >= 0.6 is 0 Å². The number of carbonyl (C=O) groups is 2. The molecule has 5 rings (SSSR count). The highest BCUT2D eigenvalue weighted by atomic mass is 16.8. The van der Waals surface area contributed by atoms with Gasteiger partial charge in [-0.25, -0.2) is 4.79 Å². The number of carbonyl (C=O) groups excluding carboxylic acids is 1. The largest absolute Gasteiger partial charge is 0.481 e. The highest BCUT2D eigenvalue weighted by Gasteiger charge is 2.57. The summed E-state index contributed by atoms with van der Waals surface area (Å²) in [7, 11) is 1.57. The first-order chi connectivity index (χ1) is 28.4. The summed E-state index contributed by atoms with van der Waals surface area (Å²) in [6.45, 7) is -0.350. The second-order valence-electron chi connectivity index (χ2n) is 16.0. The lowest BCUT2D eigenvalue weighted by Crippen LogP contribution is -2.69. The molecule has 0 bridgehead atoms. The number of aliphatic imine (C=N–C) groups is 1. The molecule has 10 unspecified atom stereocenters. The van der Waals surface area contributed by atoms with Gasteiger partial charge >= 0.3 is 11.9 Å². The molecule has 334 valence electrons. The molecule has 2 saturated carbocycles. The second kappa shape index (κ2) is 22.6. The molecule has 11 N–H and O–H groups in total. The van der Waals surface area contributed by atoms with Crippen LogP contribution in [0.15, 0.2) is 40.6 Å². The van der Waals surface area contributed by atoms with Gasteiger partial charge in [0, 0.05) is 44.6 Å². The van der Waals surface area contributed by atoms with Crippen molar-refractivity contribution in [3.63, 3.8) is 0 Å². The Morgan fingerprint density at radius 3 is 2.46 bits per heavy atom. The SMILES string of the molecule is CNCOC1C(OC2OC=C(C(=O)OC3CCCC3)C(C=CC3CN(CCO)CC(C(=O)O)C3NC(N)=NCCCO)C2C=C2CCCCC2)OC(CO)C(O)C1(O)O. The second-order valence-corrected chi connectivity index (χ2v) is 16.0. The van der Waals surface area contributed by atoms with Gasteiger partial charge in [0.1, 0.15) is 18.3 Å². The molecule has 0 radical (unpaired) electrons. The van der Waals surface area contributed by atoms with E-state index in [1.807, 2.05) is 23.1 Å². The number of guanidine groups is 1. The number of nitrogens with two attached hydrogens (primary N) is 1. The summed E-state index contributed by atoms with van der Waals surface area (Å²) in [6.07, 6.45) is 6.89. The molecule has 0 aromatic rings. The first kappa shape index (κ1) is 46.8. The van der Waals surface area contributed by atoms with E-state index in [1.54, 1.807) is 7.05 Å². The van der Waals surface area contributed by atoms with E-state index in [9.17, 15) is 45.3 Å². The van der Waals surface area contributed by atoms with E-state index in [-0.39, 0.29) is 57.2 Å². The molecule has 2 aliphatic carbocycles. The van der Waals surface area contributed by atoms with Crippen molar-refractivity contribution in [2.75, 3.05) is 59.8 Å². The molecule has 19 nitrogen and oxygen atoms in total. The number of esters is 1. The fourth-order valence-corrected chi connectivity index (χ4v) is 8.66. The number of aliphatic hydroxyl groups is 6. The van der Waals surface area contributed by atoms with Gasteiger partial charge in [-0.1, -0.05) is 30.2 Å². The Morgan fingerprint density at radius 1 is 1.05 bits per heavy atom. The number of ether oxygens (including phenoxy) is 5. The molecule has 10 atom stereocenters. The minimum Gasteiger partial charge on any atom is -0.481 e. The van der Waals surface area contributed by atoms with Gasteiger partial charge in [0.2, 0.25) is 12.1 Å². The Hall–Kier alpha value is -3.21. The smallest absolute Gasteiger partial charge is 0.338 e. The third-order valence-corrected chi connectivity index (χ3v) is 11.8. The molecule has 5 aliphatic rings. The molecule has 59 heavy (non-hydrogen) atoms. The van der Waals surface area contributed by atoms with Crippen LogP contribution in [-0.4, -0.2) is 167 Å². The normalized spacial score (nSPS) is 33.4. The maximum atomic E-state index is 14.1. The highest BCUT2D eigenvalue weighted by Crippen LogP contribution is 2.41. The van der Waals surface area contributed by atoms with Crippen LogP contribution in [0.4, 0.5) is 0 Å². The maximum absolute atomic E-state index is 14.1. The van der Waals surface area contributed by atoms with Gasteiger partial charge in [0.25, 0.3) is 0 Å². The Balaban J connectivity index is 1.57. The average Bonchev–Trinajstić information content (AvgIpc) is 3.73. The predicted octanol–water partition coefficient (Wildman–Crippen LogP) is -0.991. The third kappa shape index (κ3) is 12.2. The van der Waals surface area contributed by atoms with Crippen molar-refractivity contribution in [2.24, 2.45) is 34.4 Å². The quantitative estimate of drug-likeness (QED) is 0.0198. The standard InChI is InChI=1S/C40H65N5O14/c1-42-23-56-34-38(58-31(21-48)33(49)40(34,53)54)59-37-28(18-24-8-3-2-4-9-24)27(30(22-55-37)36(52)57-26-10-5-6-11-26)13-12-25-19-45(15-17-47)20-29(35(50)51)32(25)44-39(41)43-14-7-16-46/h12-13,18,22,25-29,31-34,37-38,42,46-49,53-54H,2-11,14-17,19-21,23H2,1H3,(H,50,51)(H3,41,43,44). The van der Waals surface area contributed by atoms with Crippen molar-refractivity contribution in [1.29, 1.82) is 0 Å². The van der Waals surface area contributed by atoms with Crippen LogP contribution in [0.3, 0.4) is 0 Å². The Bertz CT molecular complexity index is 1480. The first-order valence-corrected chi connectivity index (χ1v) is 20.9. The van der Waals surface area contributed by atoms with E-state index in [2.05, 4.69) is 15.6 Å². The van der Waals surface area contributed by atoms with Crippen LogP contribution in [0.1, 0.15) is 64.2 Å². The molecule has 2 saturated heterocycles. The fraction of sp³-hybridized carbons (Fsp3) is 0.775. The average molecular weight is 840 g/mol. The lowest BCUT2D eigenvalue weighted by atomic mass is 9.78. The number of carboxylic acids is 1. The number of nitrogens with one attached hydrogen (secondary N) is 2. The summed E-state index contributed by atoms with van der Waals surface area (Å²) in [5.74, 6) is -7.65. The molecule has 0 spiro atoms. The molecule has 4 fully saturated rings. The van der Waals surface area contributed by atoms with Gasteiger partial charge in [0.15, 0.2) is 18.4 Å². The zero-order valence-electron chi connectivity index (χ0n) is 33.8. The van der Waals surface area contributed by atoms with Gasteiger partial charge in [-0.3, -0.25) is 20.0 Å². The summed E-state index contributed by atoms with van der Waals surface area (Å²) >= 11 is 0. The Kier molecular flexibility index (Phi) is 17.9. The number of nitrogens with zero attached hydrogens (tertiary/aromatic N) is 2. The summed E-state index contributed by atoms with van der Waals surface area (Å²) in [4.78, 5) is 33.0. The number of aliphatic carboxylic acids is 1.